The van der Waals surface area contributed by atoms with Crippen molar-refractivity contribution in [2.75, 3.05) is 6.54 Å². The number of pyridine rings is 2. The van der Waals surface area contributed by atoms with Crippen molar-refractivity contribution in [2.45, 2.75) is 12.5 Å². The van der Waals surface area contributed by atoms with Gasteiger partial charge in [0, 0.05) is 30.5 Å². The molecule has 0 spiro atoms. The molecule has 1 atom stereocenters. The minimum atomic E-state index is -0.467. The molecule has 2 aromatic heterocycles. The maximum absolute atomic E-state index is 12.9. The van der Waals surface area contributed by atoms with Crippen molar-refractivity contribution >= 4 is 45.8 Å². The zero-order valence-electron chi connectivity index (χ0n) is 19.5. The molecule has 3 heterocycles. The molecule has 5 rings (SSSR count). The van der Waals surface area contributed by atoms with Gasteiger partial charge in [0.15, 0.2) is 5.11 Å². The highest BCUT2D eigenvalue weighted by molar-refractivity contribution is 7.80. The summed E-state index contributed by atoms with van der Waals surface area (Å²) >= 11 is 5.41. The molecule has 4 aromatic rings. The molecule has 1 aliphatic heterocycles. The smallest absolute Gasteiger partial charge is 0.288 e. The molecule has 0 saturated heterocycles. The molecule has 183 valence electrons. The Morgan fingerprint density at radius 2 is 1.78 bits per heavy atom. The largest absolute Gasteiger partial charge is 0.356 e. The van der Waals surface area contributed by atoms with Gasteiger partial charge in [0.2, 0.25) is 0 Å². The quantitative estimate of drug-likeness (QED) is 0.206. The molecule has 10 heteroatoms. The van der Waals surface area contributed by atoms with Gasteiger partial charge in [0.25, 0.3) is 17.7 Å². The number of amides is 3. The summed E-state index contributed by atoms with van der Waals surface area (Å²) in [7, 11) is 0. The highest BCUT2D eigenvalue weighted by Gasteiger charge is 2.36. The second kappa shape index (κ2) is 10.5. The van der Waals surface area contributed by atoms with Crippen molar-refractivity contribution in [3.63, 3.8) is 0 Å². The minimum Gasteiger partial charge on any atom is -0.356 e. The van der Waals surface area contributed by atoms with Crippen LogP contribution in [-0.4, -0.2) is 50.3 Å². The number of carbonyl (C=O) groups is 3. The van der Waals surface area contributed by atoms with Crippen LogP contribution in [0.2, 0.25) is 0 Å². The van der Waals surface area contributed by atoms with Crippen molar-refractivity contribution < 1.29 is 14.4 Å². The molecule has 0 fully saturated rings. The molecule has 0 bridgehead atoms. The summed E-state index contributed by atoms with van der Waals surface area (Å²) < 4.78 is 0. The third-order valence-corrected chi connectivity index (χ3v) is 6.15. The highest BCUT2D eigenvalue weighted by atomic mass is 32.1. The maximum Gasteiger partial charge on any atom is 0.288 e. The van der Waals surface area contributed by atoms with Crippen molar-refractivity contribution in [1.29, 1.82) is 0 Å². The number of nitrogens with zero attached hydrogens (tertiary/aromatic N) is 3. The number of hydrazine groups is 1. The number of imide groups is 1. The molecule has 3 N–H and O–H groups in total. The summed E-state index contributed by atoms with van der Waals surface area (Å²) in [6.45, 7) is 0.0678. The number of hydrogen-bond acceptors (Lipinski definition) is 6. The summed E-state index contributed by atoms with van der Waals surface area (Å²) in [5.74, 6) is -1.18. The van der Waals surface area contributed by atoms with E-state index in [2.05, 4.69) is 32.2 Å². The van der Waals surface area contributed by atoms with Gasteiger partial charge in [-0.1, -0.05) is 30.3 Å². The van der Waals surface area contributed by atoms with Gasteiger partial charge in [0.1, 0.15) is 5.69 Å². The van der Waals surface area contributed by atoms with E-state index < -0.39 is 11.9 Å². The van der Waals surface area contributed by atoms with Gasteiger partial charge in [-0.15, -0.1) is 0 Å². The third kappa shape index (κ3) is 5.14. The molecular weight excluding hydrogens is 488 g/mol. The zero-order chi connectivity index (χ0) is 25.8. The Kier molecular flexibility index (Phi) is 6.82. The average molecular weight is 510 g/mol. The fourth-order valence-electron chi connectivity index (χ4n) is 4.22. The van der Waals surface area contributed by atoms with E-state index >= 15 is 0 Å². The summed E-state index contributed by atoms with van der Waals surface area (Å²) in [4.78, 5) is 48.1. The summed E-state index contributed by atoms with van der Waals surface area (Å²) in [5.41, 5.74) is 7.13. The number of thiocarbonyl (C=S) groups is 1. The van der Waals surface area contributed by atoms with Crippen molar-refractivity contribution in [3.05, 3.63) is 108 Å². The fraction of sp³-hybridized carbons (Fsp3) is 0.111. The Bertz CT molecular complexity index is 1470. The number of carbonyl (C=O) groups excluding carboxylic acids is 3. The monoisotopic (exact) mass is 509 g/mol. The highest BCUT2D eigenvalue weighted by Crippen LogP contribution is 2.23. The average Bonchev–Trinajstić information content (AvgIpc) is 3.17. The van der Waals surface area contributed by atoms with E-state index in [1.165, 1.54) is 4.90 Å². The van der Waals surface area contributed by atoms with Crippen molar-refractivity contribution in [3.8, 4) is 0 Å². The van der Waals surface area contributed by atoms with E-state index in [0.29, 0.717) is 22.9 Å². The summed E-state index contributed by atoms with van der Waals surface area (Å²) in [6, 6.07) is 20.0. The number of nitrogens with one attached hydrogen (secondary N) is 3. The van der Waals surface area contributed by atoms with Gasteiger partial charge in [-0.3, -0.25) is 40.1 Å². The Balaban J connectivity index is 1.28. The van der Waals surface area contributed by atoms with Gasteiger partial charge >= 0.3 is 0 Å². The maximum atomic E-state index is 12.9. The van der Waals surface area contributed by atoms with E-state index in [-0.39, 0.29) is 29.2 Å². The lowest BCUT2D eigenvalue weighted by atomic mass is 10.1. The van der Waals surface area contributed by atoms with Gasteiger partial charge < -0.3 is 5.32 Å². The van der Waals surface area contributed by atoms with Gasteiger partial charge in [0.05, 0.1) is 17.2 Å². The lowest BCUT2D eigenvalue weighted by molar-refractivity contribution is 0.0641. The van der Waals surface area contributed by atoms with Crippen LogP contribution in [0.4, 0.5) is 0 Å². The minimum absolute atomic E-state index is 0.0678. The lowest BCUT2D eigenvalue weighted by Crippen LogP contribution is -2.53. The topological polar surface area (TPSA) is 116 Å². The first kappa shape index (κ1) is 24.0. The predicted octanol–water partition coefficient (Wildman–Crippen LogP) is 2.45. The molecule has 0 unspecified atom stereocenters. The number of aromatic nitrogens is 2. The van der Waals surface area contributed by atoms with Crippen molar-refractivity contribution in [2.24, 2.45) is 0 Å². The Labute approximate surface area is 217 Å². The van der Waals surface area contributed by atoms with Gasteiger partial charge in [-0.2, -0.15) is 0 Å². The predicted molar refractivity (Wildman–Crippen MR) is 140 cm³/mol. The molecule has 37 heavy (non-hydrogen) atoms. The standard InChI is InChI=1S/C27H21N6O3S/c34-24(23-20-8-2-1-7-18(20)11-13-29-23)31-32-27(37)30-19(14-17-6-5-12-28-15-17)16-33-25(35)21-9-3-4-10-22(21)26(33)36/h2-13,15,19H,14,16H2,(H,31,34)(H2,30,32,37)/t19-/m0/s1. The van der Waals surface area contributed by atoms with Crippen LogP contribution in [0.25, 0.3) is 10.8 Å². The van der Waals surface area contributed by atoms with Crippen LogP contribution in [0.5, 0.6) is 0 Å². The molecule has 0 saturated carbocycles. The second-order valence-corrected chi connectivity index (χ2v) is 8.80. The van der Waals surface area contributed by atoms with Gasteiger partial charge in [-0.05, 0) is 66.0 Å². The number of hydrogen-bond donors (Lipinski definition) is 3. The van der Waals surface area contributed by atoms with Crippen LogP contribution in [0.1, 0.15) is 36.8 Å². The van der Waals surface area contributed by atoms with E-state index in [4.69, 9.17) is 12.2 Å². The van der Waals surface area contributed by atoms with Crippen LogP contribution < -0.4 is 16.2 Å². The van der Waals surface area contributed by atoms with E-state index in [1.807, 2.05) is 6.07 Å². The molecular formula is C27H21N6O3S. The van der Waals surface area contributed by atoms with Crippen LogP contribution >= 0.6 is 12.2 Å². The molecule has 1 radical (unpaired) electrons. The van der Waals surface area contributed by atoms with Gasteiger partial charge in [-0.25, -0.2) is 0 Å². The normalized spacial score (nSPS) is 13.2. The zero-order valence-corrected chi connectivity index (χ0v) is 20.3. The Morgan fingerprint density at radius 3 is 2.51 bits per heavy atom. The number of fused-ring (bicyclic) bond motifs is 2. The molecule has 3 amide bonds. The Morgan fingerprint density at radius 1 is 1.00 bits per heavy atom. The van der Waals surface area contributed by atoms with Crippen LogP contribution in [0.15, 0.2) is 79.3 Å². The molecule has 9 nitrogen and oxygen atoms in total. The van der Waals surface area contributed by atoms with E-state index in [1.54, 1.807) is 73.2 Å². The van der Waals surface area contributed by atoms with Crippen LogP contribution in [-0.2, 0) is 6.42 Å². The first-order chi connectivity index (χ1) is 18.0. The molecule has 2 aromatic carbocycles. The first-order valence-corrected chi connectivity index (χ1v) is 11.9. The Hall–Kier alpha value is -4.70. The lowest BCUT2D eigenvalue weighted by Gasteiger charge is -2.25. The van der Waals surface area contributed by atoms with E-state index in [9.17, 15) is 14.4 Å². The molecule has 1 aliphatic rings. The number of benzene rings is 2. The number of rotatable bonds is 6. The molecule has 0 aliphatic carbocycles. The SMILES string of the molecule is O=C(NNC(=S)N[C@@H](Cc1cccnc1)CN1C(=O)c2ccccc2C1=O)c1nccc2c[c]ccc12. The van der Waals surface area contributed by atoms with Crippen LogP contribution in [0, 0.1) is 6.07 Å². The summed E-state index contributed by atoms with van der Waals surface area (Å²) in [6.07, 6.45) is 5.35. The third-order valence-electron chi connectivity index (χ3n) is 5.93. The summed E-state index contributed by atoms with van der Waals surface area (Å²) in [5, 5.41) is 4.74. The second-order valence-electron chi connectivity index (χ2n) is 8.39. The van der Waals surface area contributed by atoms with Crippen molar-refractivity contribution in [1.82, 2.24) is 31.0 Å². The first-order valence-electron chi connectivity index (χ1n) is 11.5. The van der Waals surface area contributed by atoms with E-state index in [0.717, 1.165) is 10.9 Å². The van der Waals surface area contributed by atoms with Crippen LogP contribution in [0.3, 0.4) is 0 Å². The fourth-order valence-corrected chi connectivity index (χ4v) is 4.44.